The summed E-state index contributed by atoms with van der Waals surface area (Å²) in [6.45, 7) is 1.17. The molecule has 11 heteroatoms. The van der Waals surface area contributed by atoms with E-state index in [2.05, 4.69) is 26.6 Å². The molecule has 1 saturated heterocycles. The zero-order valence-electron chi connectivity index (χ0n) is 19.2. The summed E-state index contributed by atoms with van der Waals surface area (Å²) in [6, 6.07) is 14.2. The van der Waals surface area contributed by atoms with Gasteiger partial charge in [-0.2, -0.15) is 0 Å². The lowest BCUT2D eigenvalue weighted by atomic mass is 10.0. The molecule has 0 atom stereocenters. The molecule has 2 N–H and O–H groups in total. The highest BCUT2D eigenvalue weighted by Crippen LogP contribution is 2.31. The van der Waals surface area contributed by atoms with Crippen LogP contribution in [-0.2, 0) is 14.4 Å². The van der Waals surface area contributed by atoms with Crippen LogP contribution in [0.4, 0.5) is 20.6 Å². The van der Waals surface area contributed by atoms with Gasteiger partial charge in [-0.25, -0.2) is 14.1 Å². The number of rotatable bonds is 6. The molecule has 1 heterocycles. The van der Waals surface area contributed by atoms with E-state index in [-0.39, 0.29) is 28.3 Å². The Labute approximate surface area is 224 Å². The van der Waals surface area contributed by atoms with Crippen LogP contribution < -0.4 is 20.3 Å². The molecule has 37 heavy (non-hydrogen) atoms. The number of hydrogen-bond donors (Lipinski definition) is 2. The van der Waals surface area contributed by atoms with E-state index in [4.69, 9.17) is 16.3 Å². The summed E-state index contributed by atoms with van der Waals surface area (Å²) < 4.78 is 20.0. The smallest absolute Gasteiger partial charge is 0.335 e. The minimum atomic E-state index is -0.909. The van der Waals surface area contributed by atoms with Crippen molar-refractivity contribution in [1.29, 1.82) is 0 Å². The SMILES string of the molecule is Cc1c(Cl)cccc1N1C(=O)NC(=O)/C(=C/c2cc(Br)ccc2OCC(=O)Nc2ccccc2F)C1=O. The zero-order valence-corrected chi connectivity index (χ0v) is 21.5. The lowest BCUT2D eigenvalue weighted by molar-refractivity contribution is -0.122. The Morgan fingerprint density at radius 3 is 2.65 bits per heavy atom. The van der Waals surface area contributed by atoms with Crippen molar-refractivity contribution in [3.8, 4) is 5.75 Å². The minimum Gasteiger partial charge on any atom is -0.483 e. The molecule has 188 valence electrons. The number of nitrogens with zero attached hydrogens (tertiary/aromatic N) is 1. The van der Waals surface area contributed by atoms with Crippen molar-refractivity contribution >= 4 is 68.7 Å². The summed E-state index contributed by atoms with van der Waals surface area (Å²) >= 11 is 9.48. The average Bonchev–Trinajstić information content (AvgIpc) is 2.85. The second kappa shape index (κ2) is 10.9. The molecule has 3 aromatic rings. The highest BCUT2D eigenvalue weighted by molar-refractivity contribution is 9.10. The van der Waals surface area contributed by atoms with E-state index in [1.807, 2.05) is 0 Å². The number of carbonyl (C=O) groups is 4. The third kappa shape index (κ3) is 5.71. The number of urea groups is 1. The average molecular weight is 587 g/mol. The van der Waals surface area contributed by atoms with E-state index in [0.717, 1.165) is 4.90 Å². The molecule has 0 saturated carbocycles. The number of ether oxygens (including phenoxy) is 1. The molecule has 0 unspecified atom stereocenters. The number of carbonyl (C=O) groups excluding carboxylic acids is 4. The van der Waals surface area contributed by atoms with Gasteiger partial charge in [-0.1, -0.05) is 45.7 Å². The second-order valence-corrected chi connectivity index (χ2v) is 9.16. The van der Waals surface area contributed by atoms with E-state index in [9.17, 15) is 23.6 Å². The van der Waals surface area contributed by atoms with Gasteiger partial charge >= 0.3 is 6.03 Å². The van der Waals surface area contributed by atoms with Crippen LogP contribution in [0.1, 0.15) is 11.1 Å². The summed E-state index contributed by atoms with van der Waals surface area (Å²) in [5, 5.41) is 4.91. The van der Waals surface area contributed by atoms with Gasteiger partial charge in [0.25, 0.3) is 17.7 Å². The van der Waals surface area contributed by atoms with E-state index >= 15 is 0 Å². The fraction of sp³-hybridized carbons (Fsp3) is 0.0769. The van der Waals surface area contributed by atoms with Crippen LogP contribution in [0.3, 0.4) is 0 Å². The third-order valence-corrected chi connectivity index (χ3v) is 6.26. The van der Waals surface area contributed by atoms with Gasteiger partial charge < -0.3 is 10.1 Å². The van der Waals surface area contributed by atoms with Crippen molar-refractivity contribution < 1.29 is 28.3 Å². The van der Waals surface area contributed by atoms with Gasteiger partial charge in [0.2, 0.25) is 0 Å². The van der Waals surface area contributed by atoms with Crippen molar-refractivity contribution in [3.05, 3.63) is 92.7 Å². The van der Waals surface area contributed by atoms with Gasteiger partial charge in [0, 0.05) is 15.1 Å². The largest absolute Gasteiger partial charge is 0.483 e. The van der Waals surface area contributed by atoms with Crippen LogP contribution in [-0.4, -0.2) is 30.4 Å². The van der Waals surface area contributed by atoms with E-state index in [1.165, 1.54) is 36.4 Å². The quantitative estimate of drug-likeness (QED) is 0.304. The number of benzene rings is 3. The molecule has 0 aromatic heterocycles. The normalized spacial score (nSPS) is 14.5. The second-order valence-electron chi connectivity index (χ2n) is 7.84. The zero-order chi connectivity index (χ0) is 26.7. The van der Waals surface area contributed by atoms with Gasteiger partial charge in [0.1, 0.15) is 17.1 Å². The van der Waals surface area contributed by atoms with E-state index < -0.39 is 36.2 Å². The first kappa shape index (κ1) is 26.1. The maximum absolute atomic E-state index is 13.8. The predicted octanol–water partition coefficient (Wildman–Crippen LogP) is 5.23. The molecule has 0 radical (unpaired) electrons. The number of anilines is 2. The number of para-hydroxylation sites is 1. The van der Waals surface area contributed by atoms with Gasteiger partial charge in [0.15, 0.2) is 6.61 Å². The van der Waals surface area contributed by atoms with Crippen molar-refractivity contribution in [2.75, 3.05) is 16.8 Å². The fourth-order valence-electron chi connectivity index (χ4n) is 3.53. The summed E-state index contributed by atoms with van der Waals surface area (Å²) in [7, 11) is 0. The molecule has 0 spiro atoms. The van der Waals surface area contributed by atoms with Crippen molar-refractivity contribution in [1.82, 2.24) is 5.32 Å². The topological polar surface area (TPSA) is 105 Å². The lowest BCUT2D eigenvalue weighted by Crippen LogP contribution is -2.54. The molecule has 5 amide bonds. The standard InChI is InChI=1S/C26H18BrClFN3O5/c1-14-18(28)5-4-8-21(14)32-25(35)17(24(34)31-26(32)36)12-15-11-16(27)9-10-22(15)37-13-23(33)30-20-7-3-2-6-19(20)29/h2-12H,13H2,1H3,(H,30,33)(H,31,34,36)/b17-12-. The summed E-state index contributed by atoms with van der Waals surface area (Å²) in [4.78, 5) is 51.6. The highest BCUT2D eigenvalue weighted by Gasteiger charge is 2.37. The van der Waals surface area contributed by atoms with Crippen LogP contribution in [0.25, 0.3) is 6.08 Å². The Morgan fingerprint density at radius 1 is 1.14 bits per heavy atom. The monoisotopic (exact) mass is 585 g/mol. The molecule has 4 rings (SSSR count). The molecule has 0 bridgehead atoms. The maximum Gasteiger partial charge on any atom is 0.335 e. The van der Waals surface area contributed by atoms with Gasteiger partial charge in [-0.3, -0.25) is 19.7 Å². The van der Waals surface area contributed by atoms with Crippen molar-refractivity contribution in [3.63, 3.8) is 0 Å². The van der Waals surface area contributed by atoms with Crippen molar-refractivity contribution in [2.45, 2.75) is 6.92 Å². The molecule has 1 aliphatic heterocycles. The Balaban J connectivity index is 1.61. The molecule has 1 fully saturated rings. The van der Waals surface area contributed by atoms with Crippen LogP contribution in [0.5, 0.6) is 5.75 Å². The number of nitrogens with one attached hydrogen (secondary N) is 2. The summed E-state index contributed by atoms with van der Waals surface area (Å²) in [5.74, 6) is -2.80. The third-order valence-electron chi connectivity index (χ3n) is 5.36. The first-order chi connectivity index (χ1) is 17.7. The number of hydrogen-bond acceptors (Lipinski definition) is 5. The van der Waals surface area contributed by atoms with Gasteiger partial charge in [0.05, 0.1) is 11.4 Å². The van der Waals surface area contributed by atoms with Crippen LogP contribution in [0, 0.1) is 12.7 Å². The van der Waals surface area contributed by atoms with Crippen LogP contribution >= 0.6 is 27.5 Å². The predicted molar refractivity (Wildman–Crippen MR) is 140 cm³/mol. The van der Waals surface area contributed by atoms with Crippen molar-refractivity contribution in [2.24, 2.45) is 0 Å². The number of barbiturate groups is 1. The molecule has 1 aliphatic rings. The Kier molecular flexibility index (Phi) is 7.70. The first-order valence-electron chi connectivity index (χ1n) is 10.8. The lowest BCUT2D eigenvalue weighted by Gasteiger charge is -2.27. The number of amides is 5. The Bertz CT molecular complexity index is 1480. The van der Waals surface area contributed by atoms with E-state index in [0.29, 0.717) is 15.1 Å². The molecule has 0 aliphatic carbocycles. The summed E-state index contributed by atoms with van der Waals surface area (Å²) in [6.07, 6.45) is 1.26. The van der Waals surface area contributed by atoms with E-state index in [1.54, 1.807) is 37.3 Å². The summed E-state index contributed by atoms with van der Waals surface area (Å²) in [5.41, 5.74) is 0.652. The van der Waals surface area contributed by atoms with Crippen LogP contribution in [0.2, 0.25) is 5.02 Å². The minimum absolute atomic E-state index is 0.000196. The first-order valence-corrected chi connectivity index (χ1v) is 12.0. The Hall–Kier alpha value is -4.02. The van der Waals surface area contributed by atoms with Gasteiger partial charge in [-0.15, -0.1) is 0 Å². The molecule has 8 nitrogen and oxygen atoms in total. The van der Waals surface area contributed by atoms with Crippen LogP contribution in [0.15, 0.2) is 70.7 Å². The number of imide groups is 2. The molecule has 3 aromatic carbocycles. The highest BCUT2D eigenvalue weighted by atomic mass is 79.9. The fourth-order valence-corrected chi connectivity index (χ4v) is 4.07. The molecular weight excluding hydrogens is 569 g/mol. The van der Waals surface area contributed by atoms with Gasteiger partial charge in [-0.05, 0) is 61.0 Å². The number of halogens is 3. The maximum atomic E-state index is 13.8. The Morgan fingerprint density at radius 2 is 1.89 bits per heavy atom. The molecular formula is C26H18BrClFN3O5.